The molecule has 11 heteroatoms. The number of rotatable bonds is 8. The first-order chi connectivity index (χ1) is 21.5. The van der Waals surface area contributed by atoms with Gasteiger partial charge < -0.3 is 15.2 Å². The first-order valence-electron chi connectivity index (χ1n) is 15.1. The lowest BCUT2D eigenvalue weighted by Gasteiger charge is -2.44. The minimum atomic E-state index is -2.06. The number of ketones is 1. The molecule has 0 unspecified atom stereocenters. The standard InChI is InChI=1S/C34H33ClF2N4O4/c1-2-33(44,32(37)11-13-39-14-12-32)23-15-28-30(29(36)16-23)34(22-4-6-24(35)7-5-22,45-27-10-9-26(42)17-27)41(31(28)43)20-25-8-3-21(18-38)19-40-25/h3-8,15-16,19,27,39,44H,2,9-14,17,20H2,1H3/t27-,33-,34+/m0/s1. The van der Waals surface area contributed by atoms with Gasteiger partial charge in [-0.3, -0.25) is 19.5 Å². The summed E-state index contributed by atoms with van der Waals surface area (Å²) in [5.74, 6) is -1.47. The van der Waals surface area contributed by atoms with Crippen LogP contribution in [0.1, 0.15) is 83.8 Å². The summed E-state index contributed by atoms with van der Waals surface area (Å²) in [7, 11) is 0. The maximum atomic E-state index is 16.9. The summed E-state index contributed by atoms with van der Waals surface area (Å²) in [6.45, 7) is 2.19. The number of amides is 1. The molecule has 0 spiro atoms. The van der Waals surface area contributed by atoms with Gasteiger partial charge in [0.2, 0.25) is 5.72 Å². The predicted octanol–water partition coefficient (Wildman–Crippen LogP) is 5.43. The summed E-state index contributed by atoms with van der Waals surface area (Å²) in [6.07, 6.45) is 1.52. The second-order valence-electron chi connectivity index (χ2n) is 12.0. The summed E-state index contributed by atoms with van der Waals surface area (Å²) >= 11 is 6.24. The summed E-state index contributed by atoms with van der Waals surface area (Å²) in [6, 6.07) is 14.2. The molecular formula is C34H33ClF2N4O4. The molecule has 0 bridgehead atoms. The molecule has 1 aliphatic carbocycles. The molecule has 1 saturated carbocycles. The zero-order chi connectivity index (χ0) is 32.0. The Morgan fingerprint density at radius 3 is 2.53 bits per heavy atom. The van der Waals surface area contributed by atoms with Crippen molar-refractivity contribution in [2.75, 3.05) is 13.1 Å². The molecule has 1 aromatic heterocycles. The number of pyridine rings is 1. The SMILES string of the molecule is CC[C@](O)(c1cc(F)c2c(c1)C(=O)N(Cc1ccc(C#N)cn1)[C@@]2(O[C@H]1CCC(=O)C1)c1ccc(Cl)cc1)C1(F)CCNCC1. The smallest absolute Gasteiger partial charge is 0.257 e. The quantitative estimate of drug-likeness (QED) is 0.340. The largest absolute Gasteiger partial charge is 0.382 e. The number of nitrogens with zero attached hydrogens (tertiary/aromatic N) is 3. The third-order valence-corrected chi connectivity index (χ3v) is 9.71. The van der Waals surface area contributed by atoms with Gasteiger partial charge in [0, 0.05) is 29.6 Å². The van der Waals surface area contributed by atoms with Crippen molar-refractivity contribution in [1.29, 1.82) is 5.26 Å². The Morgan fingerprint density at radius 2 is 1.93 bits per heavy atom. The van der Waals surface area contributed by atoms with Crippen molar-refractivity contribution >= 4 is 23.3 Å². The van der Waals surface area contributed by atoms with Gasteiger partial charge in [-0.2, -0.15) is 5.26 Å². The zero-order valence-electron chi connectivity index (χ0n) is 24.8. The molecular weight excluding hydrogens is 602 g/mol. The third kappa shape index (κ3) is 5.22. The maximum absolute atomic E-state index is 16.9. The molecule has 3 aliphatic rings. The molecule has 2 fully saturated rings. The molecule has 45 heavy (non-hydrogen) atoms. The molecule has 0 radical (unpaired) electrons. The van der Waals surface area contributed by atoms with Crippen molar-refractivity contribution in [2.45, 2.75) is 75.1 Å². The number of piperidine rings is 1. The molecule has 3 heterocycles. The average Bonchev–Trinajstić information content (AvgIpc) is 3.56. The van der Waals surface area contributed by atoms with Gasteiger partial charge in [0.15, 0.2) is 0 Å². The van der Waals surface area contributed by atoms with E-state index in [1.165, 1.54) is 17.2 Å². The Hall–Kier alpha value is -3.75. The van der Waals surface area contributed by atoms with Crippen molar-refractivity contribution in [2.24, 2.45) is 0 Å². The second-order valence-corrected chi connectivity index (χ2v) is 12.5. The van der Waals surface area contributed by atoms with Crippen LogP contribution in [0.15, 0.2) is 54.7 Å². The lowest BCUT2D eigenvalue weighted by Crippen LogP contribution is -2.54. The van der Waals surface area contributed by atoms with Crippen molar-refractivity contribution in [3.63, 3.8) is 0 Å². The van der Waals surface area contributed by atoms with Crippen LogP contribution in [0, 0.1) is 17.1 Å². The molecule has 3 atom stereocenters. The fourth-order valence-electron chi connectivity index (χ4n) is 7.02. The van der Waals surface area contributed by atoms with Crippen LogP contribution in [-0.2, 0) is 27.4 Å². The van der Waals surface area contributed by atoms with E-state index in [1.54, 1.807) is 43.3 Å². The highest BCUT2D eigenvalue weighted by Gasteiger charge is 2.58. The monoisotopic (exact) mass is 634 g/mol. The van der Waals surface area contributed by atoms with E-state index in [-0.39, 0.29) is 61.1 Å². The Labute approximate surface area is 265 Å². The van der Waals surface area contributed by atoms with Gasteiger partial charge in [-0.25, -0.2) is 8.78 Å². The summed E-state index contributed by atoms with van der Waals surface area (Å²) in [4.78, 5) is 32.6. The number of carbonyl (C=O) groups is 2. The van der Waals surface area contributed by atoms with Crippen molar-refractivity contribution in [3.05, 3.63) is 99.1 Å². The van der Waals surface area contributed by atoms with Gasteiger partial charge in [-0.1, -0.05) is 30.7 Å². The van der Waals surface area contributed by atoms with Gasteiger partial charge in [-0.05, 0) is 80.7 Å². The number of nitriles is 1. The lowest BCUT2D eigenvalue weighted by atomic mass is 9.71. The van der Waals surface area contributed by atoms with Crippen LogP contribution in [0.25, 0.3) is 0 Å². The van der Waals surface area contributed by atoms with E-state index in [2.05, 4.69) is 10.3 Å². The van der Waals surface area contributed by atoms with Crippen LogP contribution in [0.3, 0.4) is 0 Å². The number of fused-ring (bicyclic) bond motifs is 1. The fourth-order valence-corrected chi connectivity index (χ4v) is 7.14. The molecule has 6 rings (SSSR count). The van der Waals surface area contributed by atoms with Crippen molar-refractivity contribution in [1.82, 2.24) is 15.2 Å². The molecule has 234 valence electrons. The van der Waals surface area contributed by atoms with E-state index < -0.39 is 34.8 Å². The molecule has 2 N–H and O–H groups in total. The van der Waals surface area contributed by atoms with E-state index in [0.717, 1.165) is 6.07 Å². The van der Waals surface area contributed by atoms with Crippen molar-refractivity contribution in [3.8, 4) is 6.07 Å². The second kappa shape index (κ2) is 11.9. The van der Waals surface area contributed by atoms with E-state index in [0.29, 0.717) is 41.4 Å². The van der Waals surface area contributed by atoms with E-state index in [4.69, 9.17) is 16.3 Å². The summed E-state index contributed by atoms with van der Waals surface area (Å²) in [5.41, 5.74) is -5.04. The van der Waals surface area contributed by atoms with E-state index in [1.807, 2.05) is 6.07 Å². The third-order valence-electron chi connectivity index (χ3n) is 9.46. The molecule has 8 nitrogen and oxygen atoms in total. The van der Waals surface area contributed by atoms with Gasteiger partial charge in [0.1, 0.15) is 28.9 Å². The number of alkyl halides is 1. The van der Waals surface area contributed by atoms with E-state index in [9.17, 15) is 20.0 Å². The highest BCUT2D eigenvalue weighted by Crippen LogP contribution is 2.52. The van der Waals surface area contributed by atoms with Crippen LogP contribution in [0.4, 0.5) is 8.78 Å². The summed E-state index contributed by atoms with van der Waals surface area (Å²) in [5, 5.41) is 24.7. The number of carbonyl (C=O) groups excluding carboxylic acids is 2. The van der Waals surface area contributed by atoms with Crippen LogP contribution in [-0.4, -0.2) is 51.5 Å². The number of nitrogens with one attached hydrogen (secondary N) is 1. The number of hydrogen-bond donors (Lipinski definition) is 2. The number of aliphatic hydroxyl groups is 1. The Balaban J connectivity index is 1.57. The van der Waals surface area contributed by atoms with Crippen LogP contribution in [0.2, 0.25) is 5.02 Å². The number of Topliss-reactive ketones (excluding diaryl/α,β-unsaturated/α-hetero) is 1. The van der Waals surface area contributed by atoms with E-state index >= 15 is 8.78 Å². The maximum Gasteiger partial charge on any atom is 0.257 e. The van der Waals surface area contributed by atoms with Gasteiger partial charge in [0.05, 0.1) is 35.0 Å². The highest BCUT2D eigenvalue weighted by molar-refractivity contribution is 6.30. The first kappa shape index (κ1) is 31.2. The average molecular weight is 635 g/mol. The number of hydrogen-bond acceptors (Lipinski definition) is 7. The predicted molar refractivity (Wildman–Crippen MR) is 161 cm³/mol. The zero-order valence-corrected chi connectivity index (χ0v) is 25.5. The minimum absolute atomic E-state index is 0.00448. The molecule has 2 aliphatic heterocycles. The van der Waals surface area contributed by atoms with Crippen molar-refractivity contribution < 1.29 is 28.2 Å². The molecule has 1 saturated heterocycles. The first-order valence-corrected chi connectivity index (χ1v) is 15.5. The number of aromatic nitrogens is 1. The topological polar surface area (TPSA) is 116 Å². The molecule has 1 amide bonds. The lowest BCUT2D eigenvalue weighted by molar-refractivity contribution is -0.149. The van der Waals surface area contributed by atoms with Crippen LogP contribution in [0.5, 0.6) is 0 Å². The van der Waals surface area contributed by atoms with Gasteiger partial charge in [-0.15, -0.1) is 0 Å². The number of benzene rings is 2. The molecule has 2 aromatic carbocycles. The highest BCUT2D eigenvalue weighted by atomic mass is 35.5. The normalized spacial score (nSPS) is 23.9. The van der Waals surface area contributed by atoms with Crippen LogP contribution < -0.4 is 5.32 Å². The Bertz CT molecular complexity index is 1670. The van der Waals surface area contributed by atoms with Gasteiger partial charge >= 0.3 is 0 Å². The number of halogens is 3. The molecule has 3 aromatic rings. The Kier molecular flexibility index (Phi) is 8.25. The van der Waals surface area contributed by atoms with Crippen LogP contribution >= 0.6 is 11.6 Å². The van der Waals surface area contributed by atoms with Gasteiger partial charge in [0.25, 0.3) is 5.91 Å². The minimum Gasteiger partial charge on any atom is -0.382 e. The number of ether oxygens (including phenoxy) is 1. The summed E-state index contributed by atoms with van der Waals surface area (Å²) < 4.78 is 40.1. The Morgan fingerprint density at radius 1 is 1.20 bits per heavy atom. The fraction of sp³-hybridized carbons (Fsp3) is 0.412.